The molecule has 0 radical (unpaired) electrons. The Morgan fingerprint density at radius 2 is 2.04 bits per heavy atom. The lowest BCUT2D eigenvalue weighted by molar-refractivity contribution is -0.141. The van der Waals surface area contributed by atoms with Crippen molar-refractivity contribution in [3.05, 3.63) is 33.2 Å². The third-order valence-corrected chi connectivity index (χ3v) is 4.94. The van der Waals surface area contributed by atoms with Gasteiger partial charge in [0.15, 0.2) is 0 Å². The van der Waals surface area contributed by atoms with Crippen LogP contribution in [0.15, 0.2) is 10.9 Å². The van der Waals surface area contributed by atoms with Gasteiger partial charge in [0, 0.05) is 32.0 Å². The Balaban J connectivity index is 2.23. The summed E-state index contributed by atoms with van der Waals surface area (Å²) in [6, 6.07) is 1.71. The van der Waals surface area contributed by atoms with E-state index in [1.54, 1.807) is 13.0 Å². The summed E-state index contributed by atoms with van der Waals surface area (Å²) in [5.41, 5.74) is 1.66. The Morgan fingerprint density at radius 3 is 2.74 bits per heavy atom. The summed E-state index contributed by atoms with van der Waals surface area (Å²) < 4.78 is 5.31. The molecule has 1 aromatic rings. The molecule has 1 atom stereocenters. The number of carboxylic acids is 1. The summed E-state index contributed by atoms with van der Waals surface area (Å²) in [4.78, 5) is 41.1. The van der Waals surface area contributed by atoms with Gasteiger partial charge in [-0.15, -0.1) is 0 Å². The second-order valence-corrected chi connectivity index (χ2v) is 7.12. The average Bonchev–Trinajstić information content (AvgIpc) is 2.87. The molecule has 1 aromatic heterocycles. The molecular weight excluding hydrogens is 348 g/mol. The van der Waals surface area contributed by atoms with Crippen LogP contribution in [0.4, 0.5) is 0 Å². The first-order valence-electron chi connectivity index (χ1n) is 9.79. The second kappa shape index (κ2) is 10.3. The molecular formula is C20H30N2O5. The quantitative estimate of drug-likeness (QED) is 0.507. The largest absolute Gasteiger partial charge is 0.481 e. The zero-order valence-corrected chi connectivity index (χ0v) is 16.3. The number of fused-ring (bicyclic) bond motifs is 1. The Bertz CT molecular complexity index is 713. The van der Waals surface area contributed by atoms with E-state index in [4.69, 9.17) is 4.74 Å². The number of aromatic amines is 1. The first-order chi connectivity index (χ1) is 12.9. The molecule has 2 N–H and O–H groups in total. The van der Waals surface area contributed by atoms with Gasteiger partial charge in [0.1, 0.15) is 5.56 Å². The van der Waals surface area contributed by atoms with E-state index in [-0.39, 0.29) is 12.1 Å². The number of pyridine rings is 1. The Hall–Kier alpha value is -2.15. The molecule has 1 aliphatic carbocycles. The maximum absolute atomic E-state index is 13.0. The molecule has 0 aromatic carbocycles. The SMILES string of the molecule is CCOCCCN(CC(C)C(=O)O)C(=O)c1cc2c([nH]c1=O)CCCCC2. The van der Waals surface area contributed by atoms with Crippen LogP contribution in [-0.2, 0) is 22.4 Å². The number of aryl methyl sites for hydroxylation is 2. The highest BCUT2D eigenvalue weighted by molar-refractivity contribution is 5.94. The van der Waals surface area contributed by atoms with Crippen molar-refractivity contribution in [1.82, 2.24) is 9.88 Å². The number of nitrogens with one attached hydrogen (secondary N) is 1. The van der Waals surface area contributed by atoms with Crippen molar-refractivity contribution < 1.29 is 19.4 Å². The predicted octanol–water partition coefficient (Wildman–Crippen LogP) is 2.23. The van der Waals surface area contributed by atoms with E-state index >= 15 is 0 Å². The van der Waals surface area contributed by atoms with Crippen LogP contribution in [0.1, 0.15) is 61.1 Å². The lowest BCUT2D eigenvalue weighted by Gasteiger charge is -2.24. The molecule has 0 saturated heterocycles. The minimum atomic E-state index is -0.964. The Morgan fingerprint density at radius 1 is 1.30 bits per heavy atom. The van der Waals surface area contributed by atoms with Crippen molar-refractivity contribution in [1.29, 1.82) is 0 Å². The van der Waals surface area contributed by atoms with Crippen LogP contribution in [-0.4, -0.2) is 53.2 Å². The third-order valence-electron chi connectivity index (χ3n) is 4.94. The zero-order chi connectivity index (χ0) is 19.8. The number of ether oxygens (including phenoxy) is 1. The van der Waals surface area contributed by atoms with Crippen LogP contribution in [0.25, 0.3) is 0 Å². The molecule has 2 rings (SSSR count). The van der Waals surface area contributed by atoms with Gasteiger partial charge in [0.2, 0.25) is 0 Å². The first-order valence-corrected chi connectivity index (χ1v) is 9.79. The van der Waals surface area contributed by atoms with E-state index in [1.165, 1.54) is 4.90 Å². The second-order valence-electron chi connectivity index (χ2n) is 7.12. The van der Waals surface area contributed by atoms with Gasteiger partial charge < -0.3 is 19.7 Å². The van der Waals surface area contributed by atoms with Crippen LogP contribution in [0.5, 0.6) is 0 Å². The maximum Gasteiger partial charge on any atom is 0.308 e. The third kappa shape index (κ3) is 5.92. The number of carbonyl (C=O) groups excluding carboxylic acids is 1. The zero-order valence-electron chi connectivity index (χ0n) is 16.3. The number of rotatable bonds is 9. The molecule has 7 heteroatoms. The van der Waals surface area contributed by atoms with Crippen LogP contribution in [0.2, 0.25) is 0 Å². The number of amides is 1. The standard InChI is InChI=1S/C20H30N2O5/c1-3-27-11-7-10-22(13-14(2)20(25)26)19(24)16-12-15-8-5-4-6-9-17(15)21-18(16)23/h12,14H,3-11,13H2,1-2H3,(H,21,23)(H,25,26). The molecule has 1 heterocycles. The van der Waals surface area contributed by atoms with E-state index in [9.17, 15) is 19.5 Å². The van der Waals surface area contributed by atoms with Crippen molar-refractivity contribution >= 4 is 11.9 Å². The molecule has 27 heavy (non-hydrogen) atoms. The van der Waals surface area contributed by atoms with Crippen LogP contribution >= 0.6 is 0 Å². The summed E-state index contributed by atoms with van der Waals surface area (Å²) in [7, 11) is 0. The lowest BCUT2D eigenvalue weighted by atomic mass is 10.0. The molecule has 0 spiro atoms. The number of carbonyl (C=O) groups is 2. The van der Waals surface area contributed by atoms with E-state index in [1.807, 2.05) is 6.92 Å². The van der Waals surface area contributed by atoms with Gasteiger partial charge in [-0.05, 0) is 50.7 Å². The van der Waals surface area contributed by atoms with Crippen LogP contribution in [0, 0.1) is 5.92 Å². The summed E-state index contributed by atoms with van der Waals surface area (Å²) in [6.45, 7) is 4.95. The number of aromatic nitrogens is 1. The van der Waals surface area contributed by atoms with Gasteiger partial charge in [0.25, 0.3) is 11.5 Å². The van der Waals surface area contributed by atoms with E-state index < -0.39 is 23.4 Å². The molecule has 0 aliphatic heterocycles. The average molecular weight is 378 g/mol. The van der Waals surface area contributed by atoms with Crippen LogP contribution < -0.4 is 5.56 Å². The molecule has 0 saturated carbocycles. The lowest BCUT2D eigenvalue weighted by Crippen LogP contribution is -2.40. The van der Waals surface area contributed by atoms with Gasteiger partial charge in [-0.1, -0.05) is 13.3 Å². The van der Waals surface area contributed by atoms with Crippen molar-refractivity contribution in [2.24, 2.45) is 5.92 Å². The maximum atomic E-state index is 13.0. The van der Waals surface area contributed by atoms with E-state index in [2.05, 4.69) is 4.98 Å². The summed E-state index contributed by atoms with van der Waals surface area (Å²) in [6.07, 6.45) is 5.46. The van der Waals surface area contributed by atoms with Crippen molar-refractivity contribution in [2.45, 2.75) is 52.4 Å². The molecule has 0 bridgehead atoms. The van der Waals surface area contributed by atoms with Crippen molar-refractivity contribution in [3.63, 3.8) is 0 Å². The van der Waals surface area contributed by atoms with Crippen LogP contribution in [0.3, 0.4) is 0 Å². The normalized spacial score (nSPS) is 14.9. The Kier molecular flexibility index (Phi) is 8.03. The minimum absolute atomic E-state index is 0.0663. The smallest absolute Gasteiger partial charge is 0.308 e. The van der Waals surface area contributed by atoms with Crippen molar-refractivity contribution in [3.8, 4) is 0 Å². The number of hydrogen-bond donors (Lipinski definition) is 2. The number of aliphatic carboxylic acids is 1. The fraction of sp³-hybridized carbons (Fsp3) is 0.650. The fourth-order valence-corrected chi connectivity index (χ4v) is 3.37. The van der Waals surface area contributed by atoms with E-state index in [0.29, 0.717) is 26.2 Å². The predicted molar refractivity (Wildman–Crippen MR) is 102 cm³/mol. The summed E-state index contributed by atoms with van der Waals surface area (Å²) in [5, 5.41) is 9.21. The first kappa shape index (κ1) is 21.2. The van der Waals surface area contributed by atoms with E-state index in [0.717, 1.165) is 43.4 Å². The highest BCUT2D eigenvalue weighted by Crippen LogP contribution is 2.19. The minimum Gasteiger partial charge on any atom is -0.481 e. The molecule has 150 valence electrons. The number of carboxylic acid groups (broad SMARTS) is 1. The summed E-state index contributed by atoms with van der Waals surface area (Å²) >= 11 is 0. The van der Waals surface area contributed by atoms with Crippen molar-refractivity contribution in [2.75, 3.05) is 26.3 Å². The summed E-state index contributed by atoms with van der Waals surface area (Å²) in [5.74, 6) is -2.08. The fourth-order valence-electron chi connectivity index (χ4n) is 3.37. The number of nitrogens with zero attached hydrogens (tertiary/aromatic N) is 1. The monoisotopic (exact) mass is 378 g/mol. The molecule has 7 nitrogen and oxygen atoms in total. The molecule has 1 aliphatic rings. The van der Waals surface area contributed by atoms with Gasteiger partial charge in [-0.25, -0.2) is 0 Å². The Labute approximate surface area is 159 Å². The molecule has 0 fully saturated rings. The topological polar surface area (TPSA) is 99.7 Å². The number of hydrogen-bond acceptors (Lipinski definition) is 4. The van der Waals surface area contributed by atoms with Gasteiger partial charge >= 0.3 is 5.97 Å². The molecule has 1 unspecified atom stereocenters. The number of H-pyrrole nitrogens is 1. The van der Waals surface area contributed by atoms with Gasteiger partial charge in [-0.3, -0.25) is 14.4 Å². The highest BCUT2D eigenvalue weighted by Gasteiger charge is 2.24. The van der Waals surface area contributed by atoms with Gasteiger partial charge in [-0.2, -0.15) is 0 Å². The van der Waals surface area contributed by atoms with Gasteiger partial charge in [0.05, 0.1) is 5.92 Å². The highest BCUT2D eigenvalue weighted by atomic mass is 16.5. The molecule has 1 amide bonds.